The molecule has 0 aromatic heterocycles. The van der Waals surface area contributed by atoms with Crippen LogP contribution in [0, 0.1) is 26.2 Å². The topological polar surface area (TPSA) is 40.5 Å². The lowest BCUT2D eigenvalue weighted by molar-refractivity contribution is -0.153. The van der Waals surface area contributed by atoms with Gasteiger partial charge in [-0.05, 0) is 56.4 Å². The minimum atomic E-state index is -0.646. The molecule has 1 aliphatic carbocycles. The van der Waals surface area contributed by atoms with Gasteiger partial charge in [-0.15, -0.1) is 0 Å². The Hall–Kier alpha value is -1.51. The van der Waals surface area contributed by atoms with E-state index in [1.165, 1.54) is 16.7 Å². The summed E-state index contributed by atoms with van der Waals surface area (Å²) in [5, 5.41) is 9.42. The first kappa shape index (κ1) is 13.9. The van der Waals surface area contributed by atoms with Crippen LogP contribution in [0.4, 0.5) is 5.69 Å². The molecule has 19 heavy (non-hydrogen) atoms. The van der Waals surface area contributed by atoms with E-state index in [0.29, 0.717) is 6.54 Å². The third kappa shape index (κ3) is 2.46. The van der Waals surface area contributed by atoms with E-state index >= 15 is 0 Å². The monoisotopic (exact) mass is 261 g/mol. The Kier molecular flexibility index (Phi) is 3.57. The number of carbonyl (C=O) groups is 1. The molecule has 0 spiro atoms. The van der Waals surface area contributed by atoms with Crippen LogP contribution >= 0.6 is 0 Å². The van der Waals surface area contributed by atoms with E-state index in [9.17, 15) is 9.90 Å². The number of aryl methyl sites for hydroxylation is 3. The second-order valence-corrected chi connectivity index (χ2v) is 6.02. The molecular weight excluding hydrogens is 238 g/mol. The Labute approximate surface area is 115 Å². The molecule has 104 valence electrons. The fraction of sp³-hybridized carbons (Fsp3) is 0.562. The third-order valence-corrected chi connectivity index (χ3v) is 4.53. The van der Waals surface area contributed by atoms with Crippen molar-refractivity contribution in [2.45, 2.75) is 40.0 Å². The highest BCUT2D eigenvalue weighted by Gasteiger charge is 2.45. The van der Waals surface area contributed by atoms with Crippen molar-refractivity contribution in [1.29, 1.82) is 0 Å². The number of nitrogens with zero attached hydrogens (tertiary/aromatic N) is 1. The molecule has 0 atom stereocenters. The largest absolute Gasteiger partial charge is 0.481 e. The zero-order valence-corrected chi connectivity index (χ0v) is 12.3. The molecule has 1 aromatic rings. The maximum atomic E-state index is 11.4. The van der Waals surface area contributed by atoms with Gasteiger partial charge < -0.3 is 10.0 Å². The lowest BCUT2D eigenvalue weighted by Gasteiger charge is -2.41. The van der Waals surface area contributed by atoms with Crippen LogP contribution in [0.2, 0.25) is 0 Å². The summed E-state index contributed by atoms with van der Waals surface area (Å²) >= 11 is 0. The summed E-state index contributed by atoms with van der Waals surface area (Å²) in [4.78, 5) is 13.6. The quantitative estimate of drug-likeness (QED) is 0.904. The van der Waals surface area contributed by atoms with Crippen LogP contribution in [0.3, 0.4) is 0 Å². The fourth-order valence-electron chi connectivity index (χ4n) is 2.94. The molecule has 0 heterocycles. The van der Waals surface area contributed by atoms with E-state index in [2.05, 4.69) is 37.8 Å². The van der Waals surface area contributed by atoms with E-state index < -0.39 is 11.4 Å². The van der Waals surface area contributed by atoms with Gasteiger partial charge in [-0.3, -0.25) is 4.79 Å². The number of hydrogen-bond donors (Lipinski definition) is 1. The van der Waals surface area contributed by atoms with Gasteiger partial charge in [0.2, 0.25) is 0 Å². The molecular formula is C16H23NO2. The Balaban J connectivity index is 2.23. The van der Waals surface area contributed by atoms with Gasteiger partial charge >= 0.3 is 5.97 Å². The molecule has 1 N–H and O–H groups in total. The third-order valence-electron chi connectivity index (χ3n) is 4.53. The maximum absolute atomic E-state index is 11.4. The van der Waals surface area contributed by atoms with Gasteiger partial charge in [0.25, 0.3) is 0 Å². The molecule has 1 fully saturated rings. The van der Waals surface area contributed by atoms with E-state index in [-0.39, 0.29) is 0 Å². The molecule has 0 aliphatic heterocycles. The highest BCUT2D eigenvalue weighted by atomic mass is 16.4. The molecule has 1 aliphatic rings. The first-order valence-corrected chi connectivity index (χ1v) is 6.88. The van der Waals surface area contributed by atoms with E-state index in [4.69, 9.17) is 0 Å². The summed E-state index contributed by atoms with van der Waals surface area (Å²) in [6.07, 6.45) is 2.64. The fourth-order valence-corrected chi connectivity index (χ4v) is 2.94. The number of benzene rings is 1. The highest BCUT2D eigenvalue weighted by molar-refractivity contribution is 5.77. The average molecular weight is 261 g/mol. The number of anilines is 1. The first-order valence-electron chi connectivity index (χ1n) is 6.88. The summed E-state index contributed by atoms with van der Waals surface area (Å²) in [7, 11) is 2.00. The first-order chi connectivity index (χ1) is 8.85. The van der Waals surface area contributed by atoms with Gasteiger partial charge in [-0.25, -0.2) is 0 Å². The standard InChI is InChI=1S/C16H23NO2/c1-11-8-13(3)14(9-12(11)2)17(4)10-16(15(18)19)6-5-7-16/h8-9H,5-7,10H2,1-4H3,(H,18,19). The van der Waals surface area contributed by atoms with E-state index in [0.717, 1.165) is 24.9 Å². The van der Waals surface area contributed by atoms with Crippen molar-refractivity contribution >= 4 is 11.7 Å². The van der Waals surface area contributed by atoms with Gasteiger partial charge in [0.05, 0.1) is 5.41 Å². The number of carboxylic acid groups (broad SMARTS) is 1. The van der Waals surface area contributed by atoms with Crippen molar-refractivity contribution in [1.82, 2.24) is 0 Å². The van der Waals surface area contributed by atoms with Crippen LogP contribution in [-0.2, 0) is 4.79 Å². The summed E-state index contributed by atoms with van der Waals surface area (Å²) < 4.78 is 0. The number of rotatable bonds is 4. The van der Waals surface area contributed by atoms with Crippen molar-refractivity contribution in [2.24, 2.45) is 5.41 Å². The summed E-state index contributed by atoms with van der Waals surface area (Å²) in [5.41, 5.74) is 4.37. The average Bonchev–Trinajstić information content (AvgIpc) is 2.27. The van der Waals surface area contributed by atoms with Crippen LogP contribution in [0.25, 0.3) is 0 Å². The van der Waals surface area contributed by atoms with Gasteiger partial charge in [0.1, 0.15) is 0 Å². The predicted molar refractivity (Wildman–Crippen MR) is 77.8 cm³/mol. The minimum Gasteiger partial charge on any atom is -0.481 e. The summed E-state index contributed by atoms with van der Waals surface area (Å²) in [5.74, 6) is -0.646. The van der Waals surface area contributed by atoms with Crippen LogP contribution < -0.4 is 4.90 Å². The molecule has 0 saturated heterocycles. The van der Waals surface area contributed by atoms with Crippen molar-refractivity contribution in [2.75, 3.05) is 18.5 Å². The Morgan fingerprint density at radius 1 is 1.21 bits per heavy atom. The van der Waals surface area contributed by atoms with Gasteiger partial charge in [0.15, 0.2) is 0 Å². The summed E-state index contributed by atoms with van der Waals surface area (Å²) in [6.45, 7) is 6.90. The molecule has 3 nitrogen and oxygen atoms in total. The lowest BCUT2D eigenvalue weighted by atomic mass is 9.68. The van der Waals surface area contributed by atoms with Crippen molar-refractivity contribution < 1.29 is 9.90 Å². The van der Waals surface area contributed by atoms with Gasteiger partial charge in [-0.1, -0.05) is 12.5 Å². The number of aliphatic carboxylic acids is 1. The second-order valence-electron chi connectivity index (χ2n) is 6.02. The molecule has 0 bridgehead atoms. The van der Waals surface area contributed by atoms with Crippen molar-refractivity contribution in [3.8, 4) is 0 Å². The Morgan fingerprint density at radius 2 is 1.79 bits per heavy atom. The molecule has 3 heteroatoms. The van der Waals surface area contributed by atoms with Crippen molar-refractivity contribution in [3.63, 3.8) is 0 Å². The maximum Gasteiger partial charge on any atom is 0.311 e. The number of carboxylic acids is 1. The molecule has 2 rings (SSSR count). The van der Waals surface area contributed by atoms with Gasteiger partial charge in [0, 0.05) is 19.3 Å². The Morgan fingerprint density at radius 3 is 2.26 bits per heavy atom. The van der Waals surface area contributed by atoms with E-state index in [1.807, 2.05) is 7.05 Å². The van der Waals surface area contributed by atoms with Crippen LogP contribution in [0.5, 0.6) is 0 Å². The minimum absolute atomic E-state index is 0.528. The molecule has 0 unspecified atom stereocenters. The smallest absolute Gasteiger partial charge is 0.311 e. The zero-order valence-electron chi connectivity index (χ0n) is 12.3. The molecule has 0 amide bonds. The SMILES string of the molecule is Cc1cc(C)c(N(C)CC2(C(=O)O)CCC2)cc1C. The summed E-state index contributed by atoms with van der Waals surface area (Å²) in [6, 6.07) is 4.34. The molecule has 1 aromatic carbocycles. The Bertz CT molecular complexity index is 504. The number of hydrogen-bond acceptors (Lipinski definition) is 2. The highest BCUT2D eigenvalue weighted by Crippen LogP contribution is 2.42. The van der Waals surface area contributed by atoms with Crippen LogP contribution in [0.15, 0.2) is 12.1 Å². The molecule has 0 radical (unpaired) electrons. The lowest BCUT2D eigenvalue weighted by Crippen LogP contribution is -2.47. The van der Waals surface area contributed by atoms with E-state index in [1.54, 1.807) is 0 Å². The molecule has 1 saturated carbocycles. The van der Waals surface area contributed by atoms with Crippen LogP contribution in [-0.4, -0.2) is 24.7 Å². The normalized spacial score (nSPS) is 16.8. The zero-order chi connectivity index (χ0) is 14.2. The predicted octanol–water partition coefficient (Wildman–Crippen LogP) is 3.30. The van der Waals surface area contributed by atoms with Crippen molar-refractivity contribution in [3.05, 3.63) is 28.8 Å². The second kappa shape index (κ2) is 4.87. The van der Waals surface area contributed by atoms with Crippen LogP contribution in [0.1, 0.15) is 36.0 Å². The van der Waals surface area contributed by atoms with Gasteiger partial charge in [-0.2, -0.15) is 0 Å².